The van der Waals surface area contributed by atoms with Crippen LogP contribution in [0.1, 0.15) is 19.4 Å². The predicted octanol–water partition coefficient (Wildman–Crippen LogP) is 2.12. The normalized spacial score (nSPS) is 13.9. The van der Waals surface area contributed by atoms with Gasteiger partial charge in [-0.3, -0.25) is 4.79 Å². The van der Waals surface area contributed by atoms with E-state index in [0.717, 1.165) is 4.90 Å². The van der Waals surface area contributed by atoms with E-state index in [1.807, 2.05) is 0 Å². The number of carbonyl (C=O) groups excluding carboxylic acids is 1. The second kappa shape index (κ2) is 4.75. The topological polar surface area (TPSA) is 57.6 Å². The summed E-state index contributed by atoms with van der Waals surface area (Å²) in [5, 5.41) is 9.70. The van der Waals surface area contributed by atoms with E-state index in [1.165, 1.54) is 20.9 Å². The zero-order valence-corrected chi connectivity index (χ0v) is 10.7. The number of carboxylic acid groups (broad SMARTS) is 1. The number of halogens is 1. The van der Waals surface area contributed by atoms with Gasteiger partial charge in [0.25, 0.3) is 0 Å². The number of hydrogen-bond donors (Lipinski definition) is 1. The van der Waals surface area contributed by atoms with Crippen molar-refractivity contribution < 1.29 is 14.7 Å². The number of carboxylic acids is 1. The lowest BCUT2D eigenvalue weighted by molar-refractivity contribution is -0.156. The Morgan fingerprint density at radius 2 is 1.88 bits per heavy atom. The quantitative estimate of drug-likeness (QED) is 0.900. The molecule has 1 rings (SSSR count). The van der Waals surface area contributed by atoms with Crippen molar-refractivity contribution in [3.8, 4) is 0 Å². The first-order chi connectivity index (χ1) is 7.81. The molecule has 1 aromatic rings. The molecule has 1 unspecified atom stereocenters. The summed E-state index contributed by atoms with van der Waals surface area (Å²) in [6, 6.07) is 6.61. The third-order valence-corrected chi connectivity index (χ3v) is 3.29. The SMILES string of the molecule is CC(=O)N(C)C(C)(C(=O)O)c1ccccc1Cl. The van der Waals surface area contributed by atoms with E-state index in [1.54, 1.807) is 24.3 Å². The minimum absolute atomic E-state index is 0.325. The Hall–Kier alpha value is -1.55. The summed E-state index contributed by atoms with van der Waals surface area (Å²) in [6.45, 7) is 2.77. The van der Waals surface area contributed by atoms with Crippen LogP contribution in [0.25, 0.3) is 0 Å². The molecule has 0 saturated carbocycles. The second-order valence-electron chi connectivity index (χ2n) is 3.94. The zero-order chi connectivity index (χ0) is 13.2. The molecule has 4 nitrogen and oxygen atoms in total. The van der Waals surface area contributed by atoms with Crippen LogP contribution in [0.5, 0.6) is 0 Å². The molecule has 0 radical (unpaired) electrons. The smallest absolute Gasteiger partial charge is 0.334 e. The Labute approximate surface area is 105 Å². The van der Waals surface area contributed by atoms with E-state index in [-0.39, 0.29) is 5.91 Å². The first-order valence-electron chi connectivity index (χ1n) is 5.04. The monoisotopic (exact) mass is 255 g/mol. The summed E-state index contributed by atoms with van der Waals surface area (Å²) in [7, 11) is 1.44. The molecule has 1 amide bonds. The number of amides is 1. The highest BCUT2D eigenvalue weighted by Gasteiger charge is 2.42. The molecule has 0 aliphatic carbocycles. The predicted molar refractivity (Wildman–Crippen MR) is 64.9 cm³/mol. The van der Waals surface area contributed by atoms with Crippen molar-refractivity contribution in [2.75, 3.05) is 7.05 Å². The van der Waals surface area contributed by atoms with Crippen LogP contribution in [0, 0.1) is 0 Å². The van der Waals surface area contributed by atoms with Crippen molar-refractivity contribution >= 4 is 23.5 Å². The lowest BCUT2D eigenvalue weighted by Gasteiger charge is -2.35. The molecule has 0 aliphatic heterocycles. The highest BCUT2D eigenvalue weighted by atomic mass is 35.5. The Morgan fingerprint density at radius 3 is 2.29 bits per heavy atom. The maximum absolute atomic E-state index is 11.5. The zero-order valence-electron chi connectivity index (χ0n) is 9.90. The van der Waals surface area contributed by atoms with Gasteiger partial charge >= 0.3 is 5.97 Å². The van der Waals surface area contributed by atoms with Crippen molar-refractivity contribution in [2.45, 2.75) is 19.4 Å². The van der Waals surface area contributed by atoms with E-state index in [2.05, 4.69) is 0 Å². The average Bonchev–Trinajstić information content (AvgIpc) is 2.27. The second-order valence-corrected chi connectivity index (χ2v) is 4.34. The van der Waals surface area contributed by atoms with Gasteiger partial charge in [0.15, 0.2) is 5.54 Å². The number of carbonyl (C=O) groups is 2. The first-order valence-corrected chi connectivity index (χ1v) is 5.42. The van der Waals surface area contributed by atoms with Gasteiger partial charge in [-0.2, -0.15) is 0 Å². The largest absolute Gasteiger partial charge is 0.479 e. The molecule has 1 aromatic carbocycles. The molecule has 5 heteroatoms. The summed E-state index contributed by atoms with van der Waals surface area (Å²) in [4.78, 5) is 24.0. The summed E-state index contributed by atoms with van der Waals surface area (Å²) < 4.78 is 0. The van der Waals surface area contributed by atoms with E-state index in [4.69, 9.17) is 11.6 Å². The molecule has 0 heterocycles. The van der Waals surface area contributed by atoms with Crippen molar-refractivity contribution in [1.29, 1.82) is 0 Å². The summed E-state index contributed by atoms with van der Waals surface area (Å²) in [5.74, 6) is -1.46. The molecule has 1 atom stereocenters. The molecule has 0 aliphatic rings. The average molecular weight is 256 g/mol. The molecular formula is C12H14ClNO3. The molecule has 0 saturated heterocycles. The number of nitrogens with zero attached hydrogens (tertiary/aromatic N) is 1. The highest BCUT2D eigenvalue weighted by Crippen LogP contribution is 2.32. The van der Waals surface area contributed by atoms with Gasteiger partial charge in [-0.25, -0.2) is 4.79 Å². The van der Waals surface area contributed by atoms with Crippen LogP contribution in [0.4, 0.5) is 0 Å². The maximum Gasteiger partial charge on any atom is 0.334 e. The van der Waals surface area contributed by atoms with Crippen molar-refractivity contribution in [1.82, 2.24) is 4.90 Å². The third kappa shape index (κ3) is 2.26. The van der Waals surface area contributed by atoms with Gasteiger partial charge in [-0.1, -0.05) is 29.8 Å². The fraction of sp³-hybridized carbons (Fsp3) is 0.333. The van der Waals surface area contributed by atoms with E-state index >= 15 is 0 Å². The molecule has 0 fully saturated rings. The van der Waals surface area contributed by atoms with Gasteiger partial charge in [0.05, 0.1) is 0 Å². The number of likely N-dealkylation sites (N-methyl/N-ethyl adjacent to an activating group) is 1. The van der Waals surface area contributed by atoms with Gasteiger partial charge in [-0.05, 0) is 13.0 Å². The van der Waals surface area contributed by atoms with Gasteiger partial charge in [0.1, 0.15) is 0 Å². The third-order valence-electron chi connectivity index (χ3n) is 2.96. The first kappa shape index (κ1) is 13.5. The van der Waals surface area contributed by atoms with Gasteiger partial charge < -0.3 is 10.0 Å². The molecule has 17 heavy (non-hydrogen) atoms. The molecule has 92 valence electrons. The van der Waals surface area contributed by atoms with Crippen molar-refractivity contribution in [3.63, 3.8) is 0 Å². The molecule has 0 bridgehead atoms. The Bertz CT molecular complexity index is 461. The fourth-order valence-electron chi connectivity index (χ4n) is 1.61. The van der Waals surface area contributed by atoms with Crippen LogP contribution in [-0.4, -0.2) is 28.9 Å². The minimum Gasteiger partial charge on any atom is -0.479 e. The standard InChI is InChI=1S/C12H14ClNO3/c1-8(15)14(3)12(2,11(16)17)9-6-4-5-7-10(9)13/h4-7H,1-3H3,(H,16,17). The van der Waals surface area contributed by atoms with Crippen LogP contribution in [0.15, 0.2) is 24.3 Å². The molecule has 1 N–H and O–H groups in total. The van der Waals surface area contributed by atoms with Gasteiger partial charge in [-0.15, -0.1) is 0 Å². The lowest BCUT2D eigenvalue weighted by atomic mass is 9.90. The molecule has 0 aromatic heterocycles. The summed E-state index contributed by atoms with van der Waals surface area (Å²) in [6.07, 6.45) is 0. The Kier molecular flexibility index (Phi) is 3.78. The Balaban J connectivity index is 3.41. The van der Waals surface area contributed by atoms with E-state index < -0.39 is 11.5 Å². The highest BCUT2D eigenvalue weighted by molar-refractivity contribution is 6.31. The maximum atomic E-state index is 11.5. The van der Waals surface area contributed by atoms with Gasteiger partial charge in [0.2, 0.25) is 5.91 Å². The van der Waals surface area contributed by atoms with E-state index in [0.29, 0.717) is 10.6 Å². The minimum atomic E-state index is -1.47. The number of benzene rings is 1. The summed E-state index contributed by atoms with van der Waals surface area (Å²) in [5.41, 5.74) is -1.07. The van der Waals surface area contributed by atoms with Crippen LogP contribution >= 0.6 is 11.6 Å². The number of hydrogen-bond acceptors (Lipinski definition) is 2. The van der Waals surface area contributed by atoms with Crippen LogP contribution < -0.4 is 0 Å². The van der Waals surface area contributed by atoms with Gasteiger partial charge in [0, 0.05) is 24.6 Å². The van der Waals surface area contributed by atoms with Crippen molar-refractivity contribution in [3.05, 3.63) is 34.9 Å². The summed E-state index contributed by atoms with van der Waals surface area (Å²) >= 11 is 6.00. The molecular weight excluding hydrogens is 242 g/mol. The lowest BCUT2D eigenvalue weighted by Crippen LogP contribution is -2.50. The fourth-order valence-corrected chi connectivity index (χ4v) is 1.93. The number of rotatable bonds is 3. The van der Waals surface area contributed by atoms with E-state index in [9.17, 15) is 14.7 Å². The van der Waals surface area contributed by atoms with Crippen LogP contribution in [0.2, 0.25) is 5.02 Å². The van der Waals surface area contributed by atoms with Crippen molar-refractivity contribution in [2.24, 2.45) is 0 Å². The van der Waals surface area contributed by atoms with Crippen LogP contribution in [-0.2, 0) is 15.1 Å². The Morgan fingerprint density at radius 1 is 1.35 bits per heavy atom. The van der Waals surface area contributed by atoms with Crippen LogP contribution in [0.3, 0.4) is 0 Å². The molecule has 0 spiro atoms. The number of aliphatic carboxylic acids is 1.